The molecule has 1 amide bonds. The summed E-state index contributed by atoms with van der Waals surface area (Å²) in [4.78, 5) is 39.1. The Morgan fingerprint density at radius 3 is 2.19 bits per heavy atom. The summed E-state index contributed by atoms with van der Waals surface area (Å²) in [6.07, 6.45) is -1.17. The van der Waals surface area contributed by atoms with Crippen molar-refractivity contribution in [2.24, 2.45) is 0 Å². The highest BCUT2D eigenvalue weighted by atomic mass is 35.5. The van der Waals surface area contributed by atoms with Gasteiger partial charge < -0.3 is 14.8 Å². The van der Waals surface area contributed by atoms with Gasteiger partial charge in [-0.2, -0.15) is 0 Å². The topological polar surface area (TPSA) is 81.7 Å². The van der Waals surface area contributed by atoms with Crippen molar-refractivity contribution >= 4 is 46.5 Å². The zero-order chi connectivity index (χ0) is 26.4. The first-order chi connectivity index (χ1) is 17.9. The Labute approximate surface area is 223 Å². The standard InChI is InChI=1S/C29H21Cl2NO5/c1-36-23-13-10-18(11-14-23)26(33)27(19-6-3-2-4-7-19)37-29(35)20-8-5-9-22(16-20)32-28(34)24-15-12-21(30)17-25(24)31/h2-17,27H,1H3,(H,32,34)/t27-/m1/s1. The fourth-order valence-corrected chi connectivity index (χ4v) is 4.07. The van der Waals surface area contributed by atoms with Crippen molar-refractivity contribution in [3.05, 3.63) is 129 Å². The van der Waals surface area contributed by atoms with Crippen molar-refractivity contribution in [2.75, 3.05) is 12.4 Å². The van der Waals surface area contributed by atoms with Crippen LogP contribution in [-0.2, 0) is 4.74 Å². The van der Waals surface area contributed by atoms with Crippen LogP contribution in [-0.4, -0.2) is 24.8 Å². The maximum Gasteiger partial charge on any atom is 0.339 e. The van der Waals surface area contributed by atoms with Crippen LogP contribution in [0.15, 0.2) is 97.1 Å². The first-order valence-corrected chi connectivity index (χ1v) is 11.9. The molecule has 4 aromatic carbocycles. The van der Waals surface area contributed by atoms with E-state index in [4.69, 9.17) is 32.7 Å². The van der Waals surface area contributed by atoms with E-state index in [1.165, 1.54) is 31.4 Å². The summed E-state index contributed by atoms with van der Waals surface area (Å²) in [5.41, 5.74) is 1.63. The summed E-state index contributed by atoms with van der Waals surface area (Å²) in [6, 6.07) is 26.0. The normalized spacial score (nSPS) is 11.3. The minimum absolute atomic E-state index is 0.156. The molecular weight excluding hydrogens is 513 g/mol. The Hall–Kier alpha value is -4.13. The number of esters is 1. The quantitative estimate of drug-likeness (QED) is 0.194. The third-order valence-electron chi connectivity index (χ3n) is 5.47. The second-order valence-corrected chi connectivity index (χ2v) is 8.79. The second kappa shape index (κ2) is 11.7. The van der Waals surface area contributed by atoms with Crippen molar-refractivity contribution in [1.82, 2.24) is 0 Å². The highest BCUT2D eigenvalue weighted by Crippen LogP contribution is 2.26. The molecule has 186 valence electrons. The van der Waals surface area contributed by atoms with Crippen LogP contribution < -0.4 is 10.1 Å². The molecule has 0 heterocycles. The molecule has 37 heavy (non-hydrogen) atoms. The van der Waals surface area contributed by atoms with Gasteiger partial charge in [0.25, 0.3) is 5.91 Å². The van der Waals surface area contributed by atoms with E-state index in [0.29, 0.717) is 27.6 Å². The fraction of sp³-hybridized carbons (Fsp3) is 0.0690. The summed E-state index contributed by atoms with van der Waals surface area (Å²) in [5.74, 6) is -0.979. The lowest BCUT2D eigenvalue weighted by molar-refractivity contribution is 0.0280. The van der Waals surface area contributed by atoms with Crippen molar-refractivity contribution in [3.8, 4) is 5.75 Å². The first-order valence-electron chi connectivity index (χ1n) is 11.2. The lowest BCUT2D eigenvalue weighted by atomic mass is 9.99. The van der Waals surface area contributed by atoms with Gasteiger partial charge in [0.05, 0.1) is 23.3 Å². The molecule has 0 spiro atoms. The van der Waals surface area contributed by atoms with Gasteiger partial charge in [-0.05, 0) is 60.7 Å². The predicted molar refractivity (Wildman–Crippen MR) is 143 cm³/mol. The largest absolute Gasteiger partial charge is 0.497 e. The number of benzene rings is 4. The number of Topliss-reactive ketones (excluding diaryl/α,β-unsaturated/α-hetero) is 1. The highest BCUT2D eigenvalue weighted by molar-refractivity contribution is 6.37. The van der Waals surface area contributed by atoms with E-state index in [1.54, 1.807) is 72.8 Å². The summed E-state index contributed by atoms with van der Waals surface area (Å²) < 4.78 is 10.9. The molecule has 0 aliphatic carbocycles. The minimum Gasteiger partial charge on any atom is -0.497 e. The highest BCUT2D eigenvalue weighted by Gasteiger charge is 2.27. The third-order valence-corrected chi connectivity index (χ3v) is 6.02. The Kier molecular flexibility index (Phi) is 8.23. The molecule has 0 fully saturated rings. The zero-order valence-electron chi connectivity index (χ0n) is 19.6. The molecule has 0 unspecified atom stereocenters. The van der Waals surface area contributed by atoms with E-state index in [9.17, 15) is 14.4 Å². The van der Waals surface area contributed by atoms with Gasteiger partial charge in [0, 0.05) is 21.8 Å². The van der Waals surface area contributed by atoms with Crippen LogP contribution in [0.2, 0.25) is 10.0 Å². The van der Waals surface area contributed by atoms with Crippen LogP contribution in [0.5, 0.6) is 5.75 Å². The molecule has 0 saturated heterocycles. The average Bonchev–Trinajstić information content (AvgIpc) is 2.91. The number of halogens is 2. The van der Waals surface area contributed by atoms with Gasteiger partial charge in [0.1, 0.15) is 5.75 Å². The molecule has 8 heteroatoms. The molecule has 0 saturated carbocycles. The minimum atomic E-state index is -1.17. The summed E-state index contributed by atoms with van der Waals surface area (Å²) in [7, 11) is 1.53. The molecule has 4 aromatic rings. The maximum atomic E-state index is 13.3. The molecule has 6 nitrogen and oxygen atoms in total. The Morgan fingerprint density at radius 2 is 1.51 bits per heavy atom. The first kappa shape index (κ1) is 25.9. The van der Waals surface area contributed by atoms with Crippen LogP contribution in [0.1, 0.15) is 42.7 Å². The van der Waals surface area contributed by atoms with Gasteiger partial charge in [-0.3, -0.25) is 9.59 Å². The fourth-order valence-electron chi connectivity index (χ4n) is 3.58. The number of ketones is 1. The van der Waals surface area contributed by atoms with Crippen LogP contribution in [0, 0.1) is 0 Å². The van der Waals surface area contributed by atoms with Crippen molar-refractivity contribution in [1.29, 1.82) is 0 Å². The molecule has 1 atom stereocenters. The van der Waals surface area contributed by atoms with Crippen LogP contribution in [0.4, 0.5) is 5.69 Å². The number of ether oxygens (including phenoxy) is 2. The second-order valence-electron chi connectivity index (χ2n) is 7.95. The molecule has 1 N–H and O–H groups in total. The van der Waals surface area contributed by atoms with Gasteiger partial charge in [-0.15, -0.1) is 0 Å². The predicted octanol–water partition coefficient (Wildman–Crippen LogP) is 7.04. The molecule has 0 aliphatic rings. The van der Waals surface area contributed by atoms with Crippen LogP contribution >= 0.6 is 23.2 Å². The Bertz CT molecular complexity index is 1440. The molecule has 0 bridgehead atoms. The SMILES string of the molecule is COc1ccc(C(=O)[C@H](OC(=O)c2cccc(NC(=O)c3ccc(Cl)cc3Cl)c2)c2ccccc2)cc1. The smallest absolute Gasteiger partial charge is 0.339 e. The van der Waals surface area contributed by atoms with Gasteiger partial charge in [-0.1, -0.05) is 59.6 Å². The number of nitrogens with one attached hydrogen (secondary N) is 1. The summed E-state index contributed by atoms with van der Waals surface area (Å²) in [5, 5.41) is 3.31. The number of anilines is 1. The van der Waals surface area contributed by atoms with E-state index >= 15 is 0 Å². The average molecular weight is 534 g/mol. The lowest BCUT2D eigenvalue weighted by Gasteiger charge is -2.18. The van der Waals surface area contributed by atoms with Gasteiger partial charge in [-0.25, -0.2) is 4.79 Å². The Morgan fingerprint density at radius 1 is 0.784 bits per heavy atom. The number of hydrogen-bond donors (Lipinski definition) is 1. The number of hydrogen-bond acceptors (Lipinski definition) is 5. The molecule has 4 rings (SSSR count). The summed E-state index contributed by atoms with van der Waals surface area (Å²) in [6.45, 7) is 0. The van der Waals surface area contributed by atoms with E-state index in [2.05, 4.69) is 5.32 Å². The third kappa shape index (κ3) is 6.36. The van der Waals surface area contributed by atoms with Crippen LogP contribution in [0.25, 0.3) is 0 Å². The number of amides is 1. The van der Waals surface area contributed by atoms with Gasteiger partial charge >= 0.3 is 5.97 Å². The maximum absolute atomic E-state index is 13.3. The van der Waals surface area contributed by atoms with E-state index in [0.717, 1.165) is 0 Å². The molecular formula is C29H21Cl2NO5. The molecule has 0 radical (unpaired) electrons. The Balaban J connectivity index is 1.55. The van der Waals surface area contributed by atoms with Crippen molar-refractivity contribution in [2.45, 2.75) is 6.10 Å². The van der Waals surface area contributed by atoms with E-state index in [1.807, 2.05) is 0 Å². The number of rotatable bonds is 8. The molecule has 0 aliphatic heterocycles. The lowest BCUT2D eigenvalue weighted by Crippen LogP contribution is -2.20. The summed E-state index contributed by atoms with van der Waals surface area (Å²) >= 11 is 12.0. The zero-order valence-corrected chi connectivity index (χ0v) is 21.1. The number of carbonyl (C=O) groups excluding carboxylic acids is 3. The van der Waals surface area contributed by atoms with E-state index < -0.39 is 18.0 Å². The van der Waals surface area contributed by atoms with Gasteiger partial charge in [0.2, 0.25) is 5.78 Å². The van der Waals surface area contributed by atoms with Crippen LogP contribution in [0.3, 0.4) is 0 Å². The van der Waals surface area contributed by atoms with Crippen molar-refractivity contribution in [3.63, 3.8) is 0 Å². The monoisotopic (exact) mass is 533 g/mol. The number of methoxy groups -OCH3 is 1. The van der Waals surface area contributed by atoms with E-state index in [-0.39, 0.29) is 21.9 Å². The van der Waals surface area contributed by atoms with Crippen molar-refractivity contribution < 1.29 is 23.9 Å². The molecule has 0 aromatic heterocycles. The number of carbonyl (C=O) groups is 3. The van der Waals surface area contributed by atoms with Gasteiger partial charge in [0.15, 0.2) is 6.10 Å².